The van der Waals surface area contributed by atoms with Gasteiger partial charge in [-0.3, -0.25) is 9.79 Å². The molecule has 1 aromatic rings. The molecule has 0 fully saturated rings. The van der Waals surface area contributed by atoms with Gasteiger partial charge in [0, 0.05) is 18.3 Å². The van der Waals surface area contributed by atoms with Crippen molar-refractivity contribution in [1.82, 2.24) is 0 Å². The largest absolute Gasteiger partial charge is 0.356 e. The fourth-order valence-corrected chi connectivity index (χ4v) is 2.13. The molecular weight excluding hydrogens is 200 g/mol. The number of ketones is 1. The molecule has 3 nitrogen and oxygen atoms in total. The van der Waals surface area contributed by atoms with Gasteiger partial charge in [-0.15, -0.1) is 0 Å². The maximum atomic E-state index is 11.7. The molecular formula is C13H12N2O. The Hall–Kier alpha value is -1.90. The van der Waals surface area contributed by atoms with Crippen molar-refractivity contribution in [3.63, 3.8) is 0 Å². The molecule has 3 heteroatoms. The average Bonchev–Trinajstić information content (AvgIpc) is 2.48. The quantitative estimate of drug-likeness (QED) is 0.718. The zero-order valence-electron chi connectivity index (χ0n) is 8.86. The number of benzene rings is 1. The standard InChI is InChI=1S/C13H12N2O/c16-13-7-3-6-10-9(13)8-14-11-4-1-2-5-12(11)15-10/h1-2,4-5,8,15H,3,6-7H2. The second-order valence-corrected chi connectivity index (χ2v) is 4.07. The van der Waals surface area contributed by atoms with E-state index in [9.17, 15) is 4.79 Å². The number of carbonyl (C=O) groups is 1. The molecule has 0 unspecified atom stereocenters. The zero-order chi connectivity index (χ0) is 11.0. The maximum Gasteiger partial charge on any atom is 0.166 e. The van der Waals surface area contributed by atoms with E-state index < -0.39 is 0 Å². The number of hydrogen-bond acceptors (Lipinski definition) is 3. The summed E-state index contributed by atoms with van der Waals surface area (Å²) in [6, 6.07) is 7.85. The molecule has 0 bridgehead atoms. The third-order valence-corrected chi connectivity index (χ3v) is 2.98. The SMILES string of the molecule is O=C1CCCC2=C1C=Nc1ccccc1N2. The van der Waals surface area contributed by atoms with Crippen molar-refractivity contribution in [3.8, 4) is 0 Å². The van der Waals surface area contributed by atoms with E-state index in [1.165, 1.54) is 0 Å². The highest BCUT2D eigenvalue weighted by Crippen LogP contribution is 2.32. The highest BCUT2D eigenvalue weighted by Gasteiger charge is 2.21. The molecule has 0 radical (unpaired) electrons. The van der Waals surface area contributed by atoms with Gasteiger partial charge in [0.05, 0.1) is 16.9 Å². The monoisotopic (exact) mass is 212 g/mol. The molecule has 2 aliphatic rings. The summed E-state index contributed by atoms with van der Waals surface area (Å²) in [5, 5.41) is 3.33. The van der Waals surface area contributed by atoms with Crippen LogP contribution < -0.4 is 5.32 Å². The van der Waals surface area contributed by atoms with Crippen molar-refractivity contribution in [2.24, 2.45) is 4.99 Å². The van der Waals surface area contributed by atoms with Gasteiger partial charge in [0.2, 0.25) is 0 Å². The van der Waals surface area contributed by atoms with Crippen molar-refractivity contribution in [2.45, 2.75) is 19.3 Å². The topological polar surface area (TPSA) is 41.5 Å². The Bertz CT molecular complexity index is 514. The van der Waals surface area contributed by atoms with E-state index in [-0.39, 0.29) is 5.78 Å². The van der Waals surface area contributed by atoms with Crippen LogP contribution >= 0.6 is 0 Å². The summed E-state index contributed by atoms with van der Waals surface area (Å²) in [6.45, 7) is 0. The van der Waals surface area contributed by atoms with E-state index in [1.54, 1.807) is 6.21 Å². The van der Waals surface area contributed by atoms with Gasteiger partial charge in [-0.2, -0.15) is 0 Å². The van der Waals surface area contributed by atoms with Gasteiger partial charge >= 0.3 is 0 Å². The van der Waals surface area contributed by atoms with Gasteiger partial charge in [0.15, 0.2) is 5.78 Å². The average molecular weight is 212 g/mol. The number of rotatable bonds is 0. The Kier molecular flexibility index (Phi) is 2.10. The first-order valence-corrected chi connectivity index (χ1v) is 5.51. The van der Waals surface area contributed by atoms with E-state index in [0.29, 0.717) is 6.42 Å². The Morgan fingerprint density at radius 3 is 3.00 bits per heavy atom. The number of nitrogens with one attached hydrogen (secondary N) is 1. The lowest BCUT2D eigenvalue weighted by Crippen LogP contribution is -2.16. The van der Waals surface area contributed by atoms with Gasteiger partial charge in [0.1, 0.15) is 0 Å². The summed E-state index contributed by atoms with van der Waals surface area (Å²) in [6.07, 6.45) is 4.21. The Morgan fingerprint density at radius 2 is 2.06 bits per heavy atom. The van der Waals surface area contributed by atoms with Crippen molar-refractivity contribution in [3.05, 3.63) is 35.5 Å². The van der Waals surface area contributed by atoms with E-state index in [4.69, 9.17) is 0 Å². The fraction of sp³-hybridized carbons (Fsp3) is 0.231. The van der Waals surface area contributed by atoms with Gasteiger partial charge < -0.3 is 5.32 Å². The number of para-hydroxylation sites is 2. The van der Waals surface area contributed by atoms with Crippen molar-refractivity contribution < 1.29 is 4.79 Å². The number of allylic oxidation sites excluding steroid dienone is 2. The molecule has 16 heavy (non-hydrogen) atoms. The summed E-state index contributed by atoms with van der Waals surface area (Å²) in [7, 11) is 0. The van der Waals surface area contributed by atoms with Crippen LogP contribution in [0.5, 0.6) is 0 Å². The van der Waals surface area contributed by atoms with Crippen LogP contribution in [0.15, 0.2) is 40.5 Å². The second-order valence-electron chi connectivity index (χ2n) is 4.07. The molecule has 1 aliphatic heterocycles. The maximum absolute atomic E-state index is 11.7. The predicted molar refractivity (Wildman–Crippen MR) is 64.1 cm³/mol. The summed E-state index contributed by atoms with van der Waals surface area (Å²) in [5.74, 6) is 0.199. The summed E-state index contributed by atoms with van der Waals surface area (Å²) >= 11 is 0. The third-order valence-electron chi connectivity index (χ3n) is 2.98. The molecule has 0 atom stereocenters. The van der Waals surface area contributed by atoms with E-state index in [2.05, 4.69) is 10.3 Å². The number of hydrogen-bond donors (Lipinski definition) is 1. The van der Waals surface area contributed by atoms with Crippen molar-refractivity contribution in [1.29, 1.82) is 0 Å². The summed E-state index contributed by atoms with van der Waals surface area (Å²) < 4.78 is 0. The highest BCUT2D eigenvalue weighted by atomic mass is 16.1. The smallest absolute Gasteiger partial charge is 0.166 e. The Labute approximate surface area is 93.9 Å². The van der Waals surface area contributed by atoms with E-state index >= 15 is 0 Å². The number of carbonyl (C=O) groups excluding carboxylic acids is 1. The van der Waals surface area contributed by atoms with Crippen LogP contribution in [0.1, 0.15) is 19.3 Å². The number of aliphatic imine (C=N–C) groups is 1. The number of nitrogens with zero attached hydrogens (tertiary/aromatic N) is 1. The Balaban J connectivity index is 2.10. The molecule has 0 amide bonds. The number of fused-ring (bicyclic) bond motifs is 1. The fourth-order valence-electron chi connectivity index (χ4n) is 2.13. The lowest BCUT2D eigenvalue weighted by atomic mass is 9.95. The van der Waals surface area contributed by atoms with E-state index in [0.717, 1.165) is 35.5 Å². The van der Waals surface area contributed by atoms with Crippen LogP contribution in [0.25, 0.3) is 0 Å². The molecule has 0 spiro atoms. The predicted octanol–water partition coefficient (Wildman–Crippen LogP) is 2.82. The Morgan fingerprint density at radius 1 is 1.19 bits per heavy atom. The van der Waals surface area contributed by atoms with E-state index in [1.807, 2.05) is 24.3 Å². The minimum absolute atomic E-state index is 0.199. The first kappa shape index (κ1) is 9.33. The van der Waals surface area contributed by atoms with Gasteiger partial charge in [-0.1, -0.05) is 12.1 Å². The molecule has 0 saturated carbocycles. The normalized spacial score (nSPS) is 18.6. The molecule has 1 aliphatic carbocycles. The van der Waals surface area contributed by atoms with Crippen LogP contribution in [0.2, 0.25) is 0 Å². The van der Waals surface area contributed by atoms with Crippen LogP contribution in [0, 0.1) is 0 Å². The molecule has 0 saturated heterocycles. The molecule has 0 aromatic heterocycles. The van der Waals surface area contributed by atoms with Crippen LogP contribution in [-0.4, -0.2) is 12.0 Å². The van der Waals surface area contributed by atoms with Crippen molar-refractivity contribution >= 4 is 23.4 Å². The van der Waals surface area contributed by atoms with Gasteiger partial charge in [-0.05, 0) is 25.0 Å². The van der Waals surface area contributed by atoms with Crippen LogP contribution in [0.3, 0.4) is 0 Å². The van der Waals surface area contributed by atoms with Gasteiger partial charge in [0.25, 0.3) is 0 Å². The van der Waals surface area contributed by atoms with Gasteiger partial charge in [-0.25, -0.2) is 0 Å². The molecule has 80 valence electrons. The third kappa shape index (κ3) is 1.45. The zero-order valence-corrected chi connectivity index (χ0v) is 8.86. The first-order valence-electron chi connectivity index (χ1n) is 5.51. The minimum atomic E-state index is 0.199. The first-order chi connectivity index (χ1) is 7.84. The molecule has 3 rings (SSSR count). The van der Waals surface area contributed by atoms with Crippen LogP contribution in [-0.2, 0) is 4.79 Å². The summed E-state index contributed by atoms with van der Waals surface area (Å²) in [5.41, 5.74) is 3.65. The molecule has 1 heterocycles. The minimum Gasteiger partial charge on any atom is -0.356 e. The van der Waals surface area contributed by atoms with Crippen molar-refractivity contribution in [2.75, 3.05) is 5.32 Å². The summed E-state index contributed by atoms with van der Waals surface area (Å²) in [4.78, 5) is 16.1. The number of anilines is 1. The second kappa shape index (κ2) is 3.59. The van der Waals surface area contributed by atoms with Crippen LogP contribution in [0.4, 0.5) is 11.4 Å². The lowest BCUT2D eigenvalue weighted by Gasteiger charge is -2.17. The lowest BCUT2D eigenvalue weighted by molar-refractivity contribution is -0.115. The molecule has 1 aromatic carbocycles. The number of Topliss-reactive ketones (excluding diaryl/α,β-unsaturated/α-hetero) is 1. The molecule has 1 N–H and O–H groups in total. The highest BCUT2D eigenvalue weighted by molar-refractivity contribution is 6.16.